The number of aldehydes is 1. The average Bonchev–Trinajstić information content (AvgIpc) is 2.33. The van der Waals surface area contributed by atoms with Crippen LogP contribution in [0.3, 0.4) is 0 Å². The predicted molar refractivity (Wildman–Crippen MR) is 70.0 cm³/mol. The van der Waals surface area contributed by atoms with Crippen LogP contribution >= 0.6 is 12.2 Å². The van der Waals surface area contributed by atoms with Crippen molar-refractivity contribution >= 4 is 23.4 Å². The van der Waals surface area contributed by atoms with Crippen LogP contribution in [0.4, 0.5) is 0 Å². The second-order valence-corrected chi connectivity index (χ2v) is 4.30. The zero-order chi connectivity index (χ0) is 11.4. The molecule has 80 valence electrons. The molecule has 0 N–H and O–H groups in total. The van der Waals surface area contributed by atoms with Crippen LogP contribution in [0.25, 0.3) is 0 Å². The van der Waals surface area contributed by atoms with Gasteiger partial charge in [-0.25, -0.2) is 0 Å². The Morgan fingerprint density at radius 1 is 1.25 bits per heavy atom. The Bertz CT molecular complexity index is 483. The average molecular weight is 228 g/mol. The number of carbonyl (C=O) groups is 1. The van der Waals surface area contributed by atoms with Gasteiger partial charge in [0, 0.05) is 16.8 Å². The van der Waals surface area contributed by atoms with E-state index < -0.39 is 0 Å². The van der Waals surface area contributed by atoms with Gasteiger partial charge in [0.05, 0.1) is 0 Å². The third-order valence-electron chi connectivity index (χ3n) is 2.63. The fraction of sp³-hybridized carbons (Fsp3) is 0.143. The topological polar surface area (TPSA) is 17.1 Å². The van der Waals surface area contributed by atoms with Gasteiger partial charge < -0.3 is 0 Å². The van der Waals surface area contributed by atoms with E-state index >= 15 is 0 Å². The molecule has 2 heteroatoms. The van der Waals surface area contributed by atoms with Crippen LogP contribution in [0.15, 0.2) is 48.1 Å². The molecule has 0 amide bonds. The quantitative estimate of drug-likeness (QED) is 0.583. The molecule has 1 aromatic rings. The molecule has 1 aliphatic rings. The van der Waals surface area contributed by atoms with E-state index in [1.165, 1.54) is 5.57 Å². The first-order valence-corrected chi connectivity index (χ1v) is 5.63. The van der Waals surface area contributed by atoms with E-state index in [9.17, 15) is 4.79 Å². The van der Waals surface area contributed by atoms with E-state index in [1.54, 1.807) is 0 Å². The van der Waals surface area contributed by atoms with Gasteiger partial charge in [-0.3, -0.25) is 4.79 Å². The van der Waals surface area contributed by atoms with Crippen molar-refractivity contribution in [3.63, 3.8) is 0 Å². The Hall–Kier alpha value is -1.54. The standard InChI is InChI=1S/C14H12OS/c15-10-13-4-2-1-3-12(13)9-11-5-7-14(16)8-6-11/h1-7,10H,8-9H2. The molecule has 0 aromatic heterocycles. The van der Waals surface area contributed by atoms with E-state index in [0.29, 0.717) is 0 Å². The smallest absolute Gasteiger partial charge is 0.150 e. The van der Waals surface area contributed by atoms with Gasteiger partial charge in [-0.1, -0.05) is 48.6 Å². The maximum Gasteiger partial charge on any atom is 0.150 e. The molecule has 0 saturated carbocycles. The molecular formula is C14H12OS. The van der Waals surface area contributed by atoms with Crippen molar-refractivity contribution in [1.82, 2.24) is 0 Å². The lowest BCUT2D eigenvalue weighted by molar-refractivity contribution is 0.112. The summed E-state index contributed by atoms with van der Waals surface area (Å²) in [6.45, 7) is 0. The molecule has 1 aromatic carbocycles. The zero-order valence-electron chi connectivity index (χ0n) is 8.85. The highest BCUT2D eigenvalue weighted by Gasteiger charge is 2.05. The Morgan fingerprint density at radius 2 is 2.06 bits per heavy atom. The zero-order valence-corrected chi connectivity index (χ0v) is 9.67. The van der Waals surface area contributed by atoms with E-state index in [0.717, 1.165) is 35.1 Å². The minimum atomic E-state index is 0.768. The summed E-state index contributed by atoms with van der Waals surface area (Å²) >= 11 is 5.08. The van der Waals surface area contributed by atoms with Gasteiger partial charge in [-0.05, 0) is 23.6 Å². The Balaban J connectivity index is 2.18. The number of rotatable bonds is 3. The molecule has 0 atom stereocenters. The highest BCUT2D eigenvalue weighted by Crippen LogP contribution is 2.16. The first-order valence-electron chi connectivity index (χ1n) is 5.22. The van der Waals surface area contributed by atoms with Crippen molar-refractivity contribution < 1.29 is 4.79 Å². The largest absolute Gasteiger partial charge is 0.298 e. The molecule has 2 rings (SSSR count). The van der Waals surface area contributed by atoms with Gasteiger partial charge in [-0.2, -0.15) is 0 Å². The molecule has 1 nitrogen and oxygen atoms in total. The van der Waals surface area contributed by atoms with Crippen LogP contribution < -0.4 is 0 Å². The predicted octanol–water partition coefficient (Wildman–Crippen LogP) is 3.30. The van der Waals surface area contributed by atoms with E-state index in [2.05, 4.69) is 6.08 Å². The Labute approximate surface area is 100 Å². The fourth-order valence-corrected chi connectivity index (χ4v) is 1.88. The van der Waals surface area contributed by atoms with Gasteiger partial charge >= 0.3 is 0 Å². The summed E-state index contributed by atoms with van der Waals surface area (Å²) in [5.74, 6) is 0. The van der Waals surface area contributed by atoms with Crippen LogP contribution in [0, 0.1) is 0 Å². The van der Waals surface area contributed by atoms with Crippen molar-refractivity contribution in [1.29, 1.82) is 0 Å². The molecule has 0 fully saturated rings. The minimum Gasteiger partial charge on any atom is -0.298 e. The minimum absolute atomic E-state index is 0.768. The van der Waals surface area contributed by atoms with Crippen molar-refractivity contribution in [3.05, 3.63) is 59.2 Å². The van der Waals surface area contributed by atoms with E-state index in [4.69, 9.17) is 12.2 Å². The third kappa shape index (κ3) is 2.52. The van der Waals surface area contributed by atoms with Crippen LogP contribution in [-0.4, -0.2) is 11.2 Å². The maximum atomic E-state index is 10.9. The Kier molecular flexibility index (Phi) is 3.42. The van der Waals surface area contributed by atoms with E-state index in [-0.39, 0.29) is 0 Å². The third-order valence-corrected chi connectivity index (χ3v) is 2.93. The molecule has 0 radical (unpaired) electrons. The van der Waals surface area contributed by atoms with Gasteiger partial charge in [-0.15, -0.1) is 0 Å². The van der Waals surface area contributed by atoms with Crippen molar-refractivity contribution in [2.45, 2.75) is 12.8 Å². The summed E-state index contributed by atoms with van der Waals surface area (Å²) in [5.41, 5.74) is 3.06. The van der Waals surface area contributed by atoms with Crippen molar-refractivity contribution in [2.24, 2.45) is 0 Å². The van der Waals surface area contributed by atoms with Gasteiger partial charge in [0.15, 0.2) is 0 Å². The molecule has 0 spiro atoms. The number of thiocarbonyl (C=S) groups is 1. The second kappa shape index (κ2) is 4.99. The van der Waals surface area contributed by atoms with Gasteiger partial charge in [0.25, 0.3) is 0 Å². The van der Waals surface area contributed by atoms with Crippen LogP contribution in [0.2, 0.25) is 0 Å². The number of hydrogen-bond donors (Lipinski definition) is 0. The first kappa shape index (κ1) is 11.0. The summed E-state index contributed by atoms with van der Waals surface area (Å²) in [7, 11) is 0. The van der Waals surface area contributed by atoms with Crippen LogP contribution in [0.5, 0.6) is 0 Å². The van der Waals surface area contributed by atoms with Crippen LogP contribution in [-0.2, 0) is 6.42 Å². The first-order chi connectivity index (χ1) is 7.79. The van der Waals surface area contributed by atoms with Gasteiger partial charge in [0.2, 0.25) is 0 Å². The van der Waals surface area contributed by atoms with Crippen molar-refractivity contribution in [2.75, 3.05) is 0 Å². The molecule has 16 heavy (non-hydrogen) atoms. The highest BCUT2D eigenvalue weighted by atomic mass is 32.1. The monoisotopic (exact) mass is 228 g/mol. The fourth-order valence-electron chi connectivity index (χ4n) is 1.73. The maximum absolute atomic E-state index is 10.9. The summed E-state index contributed by atoms with van der Waals surface area (Å²) < 4.78 is 0. The summed E-state index contributed by atoms with van der Waals surface area (Å²) in [6.07, 6.45) is 8.68. The normalized spacial score (nSPS) is 14.8. The van der Waals surface area contributed by atoms with Crippen LogP contribution in [0.1, 0.15) is 22.3 Å². The summed E-state index contributed by atoms with van der Waals surface area (Å²) in [6, 6.07) is 7.68. The summed E-state index contributed by atoms with van der Waals surface area (Å²) in [5, 5.41) is 0. The molecule has 0 aliphatic heterocycles. The number of carbonyl (C=O) groups excluding carboxylic acids is 1. The molecular weight excluding hydrogens is 216 g/mol. The number of allylic oxidation sites excluding steroid dienone is 4. The molecule has 1 aliphatic carbocycles. The van der Waals surface area contributed by atoms with Gasteiger partial charge in [0.1, 0.15) is 6.29 Å². The SMILES string of the molecule is O=Cc1ccccc1CC1=CCC(=S)C=C1. The van der Waals surface area contributed by atoms with Crippen molar-refractivity contribution in [3.8, 4) is 0 Å². The van der Waals surface area contributed by atoms with E-state index in [1.807, 2.05) is 36.4 Å². The lowest BCUT2D eigenvalue weighted by Gasteiger charge is -2.09. The number of benzene rings is 1. The molecule has 0 bridgehead atoms. The molecule has 0 unspecified atom stereocenters. The summed E-state index contributed by atoms with van der Waals surface area (Å²) in [4.78, 5) is 11.8. The highest BCUT2D eigenvalue weighted by molar-refractivity contribution is 7.80. The lowest BCUT2D eigenvalue weighted by Crippen LogP contribution is -1.99. The lowest BCUT2D eigenvalue weighted by atomic mass is 9.97. The Morgan fingerprint density at radius 3 is 2.75 bits per heavy atom. The molecule has 0 heterocycles. The molecule has 0 saturated heterocycles. The second-order valence-electron chi connectivity index (χ2n) is 3.78. The number of hydrogen-bond acceptors (Lipinski definition) is 2.